The number of hydrogen-bond donors (Lipinski definition) is 2. The Balaban J connectivity index is 1.24. The summed E-state index contributed by atoms with van der Waals surface area (Å²) in [5.74, 6) is 1.22. The van der Waals surface area contributed by atoms with Crippen LogP contribution in [0.3, 0.4) is 0 Å². The minimum atomic E-state index is -0.373. The fraction of sp³-hybridized carbons (Fsp3) is 0.417. The highest BCUT2D eigenvalue weighted by Gasteiger charge is 2.35. The first-order chi connectivity index (χ1) is 16.2. The molecule has 9 heteroatoms. The van der Waals surface area contributed by atoms with Gasteiger partial charge in [-0.15, -0.1) is 0 Å². The van der Waals surface area contributed by atoms with Crippen molar-refractivity contribution in [3.05, 3.63) is 53.8 Å². The van der Waals surface area contributed by atoms with Gasteiger partial charge < -0.3 is 29.4 Å². The molecule has 0 bridgehead atoms. The number of benzene rings is 1. The number of allylic oxidation sites excluding steroid dienone is 2. The molecule has 3 aliphatic rings. The van der Waals surface area contributed by atoms with Crippen LogP contribution in [0.2, 0.25) is 0 Å². The van der Waals surface area contributed by atoms with Crippen LogP contribution >= 0.6 is 0 Å². The molecule has 4 heterocycles. The zero-order valence-electron chi connectivity index (χ0n) is 18.2. The maximum atomic E-state index is 12.2. The third-order valence-corrected chi connectivity index (χ3v) is 6.96. The number of aldehydes is 1. The van der Waals surface area contributed by atoms with Gasteiger partial charge in [0.25, 0.3) is 0 Å². The summed E-state index contributed by atoms with van der Waals surface area (Å²) in [5.41, 5.74) is 4.55. The first-order valence-electron chi connectivity index (χ1n) is 11.5. The maximum Gasteiger partial charge on any atom is 0.162 e. The van der Waals surface area contributed by atoms with Gasteiger partial charge in [0.1, 0.15) is 30.5 Å². The molecule has 1 unspecified atom stereocenters. The zero-order valence-corrected chi connectivity index (χ0v) is 18.2. The van der Waals surface area contributed by atoms with Crippen molar-refractivity contribution < 1.29 is 14.6 Å². The van der Waals surface area contributed by atoms with E-state index in [4.69, 9.17) is 4.74 Å². The SMILES string of the molecule is O=CC1C(N2CC(O)C2)=CCc2cccc(OC[C@H]3CCCN3c3ncnc4[nH]cnc34)c21. The number of aliphatic hydroxyl groups is 1. The molecule has 1 aromatic carbocycles. The molecule has 2 atom stereocenters. The van der Waals surface area contributed by atoms with Crippen LogP contribution in [0.4, 0.5) is 5.82 Å². The summed E-state index contributed by atoms with van der Waals surface area (Å²) < 4.78 is 6.40. The van der Waals surface area contributed by atoms with Gasteiger partial charge in [-0.3, -0.25) is 0 Å². The van der Waals surface area contributed by atoms with E-state index in [0.29, 0.717) is 19.7 Å². The summed E-state index contributed by atoms with van der Waals surface area (Å²) in [5, 5.41) is 9.73. The number of ether oxygens (including phenoxy) is 1. The summed E-state index contributed by atoms with van der Waals surface area (Å²) in [6.45, 7) is 2.54. The molecular formula is C24H26N6O3. The third-order valence-electron chi connectivity index (χ3n) is 6.96. The monoisotopic (exact) mass is 446 g/mol. The number of imidazole rings is 1. The van der Waals surface area contributed by atoms with Gasteiger partial charge in [-0.2, -0.15) is 0 Å². The molecule has 0 radical (unpaired) electrons. The van der Waals surface area contributed by atoms with E-state index >= 15 is 0 Å². The number of aromatic amines is 1. The molecular weight excluding hydrogens is 420 g/mol. The summed E-state index contributed by atoms with van der Waals surface area (Å²) >= 11 is 0. The number of anilines is 1. The fourth-order valence-electron chi connectivity index (χ4n) is 5.30. The number of likely N-dealkylation sites (tertiary alicyclic amines) is 1. The van der Waals surface area contributed by atoms with Gasteiger partial charge in [-0.25, -0.2) is 15.0 Å². The molecule has 170 valence electrons. The van der Waals surface area contributed by atoms with Crippen molar-refractivity contribution in [3.63, 3.8) is 0 Å². The number of aromatic nitrogens is 4. The van der Waals surface area contributed by atoms with E-state index in [1.807, 2.05) is 12.1 Å². The zero-order chi connectivity index (χ0) is 22.4. The number of hydrogen-bond acceptors (Lipinski definition) is 8. The van der Waals surface area contributed by atoms with Crippen molar-refractivity contribution >= 4 is 23.3 Å². The molecule has 0 spiro atoms. The molecule has 2 saturated heterocycles. The van der Waals surface area contributed by atoms with Gasteiger partial charge in [-0.1, -0.05) is 18.2 Å². The lowest BCUT2D eigenvalue weighted by Gasteiger charge is -2.43. The van der Waals surface area contributed by atoms with Crippen LogP contribution in [0.15, 0.2) is 42.6 Å². The molecule has 2 aliphatic heterocycles. The second-order valence-electron chi connectivity index (χ2n) is 8.93. The predicted molar refractivity (Wildman–Crippen MR) is 122 cm³/mol. The van der Waals surface area contributed by atoms with Crippen LogP contribution in [0.5, 0.6) is 5.75 Å². The summed E-state index contributed by atoms with van der Waals surface area (Å²) in [4.78, 5) is 32.8. The van der Waals surface area contributed by atoms with Crippen molar-refractivity contribution in [2.45, 2.75) is 37.3 Å². The van der Waals surface area contributed by atoms with E-state index in [1.165, 1.54) is 0 Å². The van der Waals surface area contributed by atoms with E-state index in [-0.39, 0.29) is 18.1 Å². The minimum Gasteiger partial charge on any atom is -0.491 e. The van der Waals surface area contributed by atoms with Crippen molar-refractivity contribution in [3.8, 4) is 5.75 Å². The quantitative estimate of drug-likeness (QED) is 0.552. The highest BCUT2D eigenvalue weighted by molar-refractivity contribution is 5.83. The van der Waals surface area contributed by atoms with Crippen molar-refractivity contribution in [1.82, 2.24) is 24.8 Å². The van der Waals surface area contributed by atoms with E-state index in [1.54, 1.807) is 12.7 Å². The largest absolute Gasteiger partial charge is 0.491 e. The number of H-pyrrole nitrogens is 1. The van der Waals surface area contributed by atoms with E-state index in [9.17, 15) is 9.90 Å². The van der Waals surface area contributed by atoms with Crippen LogP contribution in [0.1, 0.15) is 29.9 Å². The highest BCUT2D eigenvalue weighted by atomic mass is 16.5. The molecule has 2 fully saturated rings. The highest BCUT2D eigenvalue weighted by Crippen LogP contribution is 2.40. The molecule has 33 heavy (non-hydrogen) atoms. The summed E-state index contributed by atoms with van der Waals surface area (Å²) in [6.07, 6.45) is 8.81. The number of rotatable bonds is 6. The minimum absolute atomic E-state index is 0.162. The molecule has 1 aliphatic carbocycles. The van der Waals surface area contributed by atoms with E-state index < -0.39 is 0 Å². The van der Waals surface area contributed by atoms with Crippen molar-refractivity contribution in [2.24, 2.45) is 0 Å². The molecule has 6 rings (SSSR count). The normalized spacial score (nSPS) is 22.8. The summed E-state index contributed by atoms with van der Waals surface area (Å²) in [7, 11) is 0. The van der Waals surface area contributed by atoms with E-state index in [2.05, 4.69) is 41.9 Å². The van der Waals surface area contributed by atoms with Crippen LogP contribution in [-0.4, -0.2) is 74.6 Å². The van der Waals surface area contributed by atoms with Gasteiger partial charge in [0.2, 0.25) is 0 Å². The number of carbonyl (C=O) groups is 1. The van der Waals surface area contributed by atoms with Gasteiger partial charge in [0.15, 0.2) is 11.5 Å². The second kappa shape index (κ2) is 8.15. The Labute approximate surface area is 191 Å². The van der Waals surface area contributed by atoms with Crippen LogP contribution in [0, 0.1) is 0 Å². The van der Waals surface area contributed by atoms with Crippen LogP contribution in [0.25, 0.3) is 11.2 Å². The van der Waals surface area contributed by atoms with Crippen LogP contribution in [-0.2, 0) is 11.2 Å². The Bertz CT molecular complexity index is 1220. The van der Waals surface area contributed by atoms with Gasteiger partial charge in [-0.05, 0) is 30.9 Å². The van der Waals surface area contributed by atoms with E-state index in [0.717, 1.165) is 71.6 Å². The molecule has 0 saturated carbocycles. The number of β-amino-alcohol motifs (C(OH)–C–C–N with tert-alkyl or cyclic N) is 1. The number of aliphatic hydroxyl groups excluding tert-OH is 1. The Kier molecular flexibility index (Phi) is 4.98. The van der Waals surface area contributed by atoms with Gasteiger partial charge in [0.05, 0.1) is 24.4 Å². The maximum absolute atomic E-state index is 12.2. The average molecular weight is 447 g/mol. The smallest absolute Gasteiger partial charge is 0.162 e. The Hall–Kier alpha value is -3.46. The number of nitrogens with zero attached hydrogens (tertiary/aromatic N) is 5. The Morgan fingerprint density at radius 2 is 2.15 bits per heavy atom. The van der Waals surface area contributed by atoms with Crippen LogP contribution < -0.4 is 9.64 Å². The molecule has 3 aromatic rings. The van der Waals surface area contributed by atoms with Crippen molar-refractivity contribution in [1.29, 1.82) is 0 Å². The van der Waals surface area contributed by atoms with Crippen molar-refractivity contribution in [2.75, 3.05) is 31.1 Å². The Morgan fingerprint density at radius 1 is 1.24 bits per heavy atom. The standard InChI is InChI=1S/C24H26N6O3/c31-11-18-19(29-9-17(32)10-29)7-6-15-3-1-5-20(21(15)18)33-12-16-4-2-8-30(16)24-22-23(26-13-25-22)27-14-28-24/h1,3,5,7,11,13-14,16-18,32H,2,4,6,8-10,12H2,(H,25,26,27,28)/t16-,18?/m1/s1. The lowest BCUT2D eigenvalue weighted by Crippen LogP contribution is -2.51. The number of carbonyl (C=O) groups excluding carboxylic acids is 1. The topological polar surface area (TPSA) is 107 Å². The molecule has 2 aromatic heterocycles. The molecule has 9 nitrogen and oxygen atoms in total. The Morgan fingerprint density at radius 3 is 3.00 bits per heavy atom. The first kappa shape index (κ1) is 20.2. The lowest BCUT2D eigenvalue weighted by molar-refractivity contribution is -0.109. The average Bonchev–Trinajstić information content (AvgIpc) is 3.49. The number of fused-ring (bicyclic) bond motifs is 2. The lowest BCUT2D eigenvalue weighted by atomic mass is 9.84. The summed E-state index contributed by atoms with van der Waals surface area (Å²) in [6, 6.07) is 6.17. The number of nitrogens with one attached hydrogen (secondary N) is 1. The van der Waals surface area contributed by atoms with Gasteiger partial charge in [0, 0.05) is 30.9 Å². The van der Waals surface area contributed by atoms with Gasteiger partial charge >= 0.3 is 0 Å². The molecule has 2 N–H and O–H groups in total. The first-order valence-corrected chi connectivity index (χ1v) is 11.5. The molecule has 0 amide bonds. The third kappa shape index (κ3) is 3.43. The predicted octanol–water partition coefficient (Wildman–Crippen LogP) is 1.80. The fourth-order valence-corrected chi connectivity index (χ4v) is 5.30. The second-order valence-corrected chi connectivity index (χ2v) is 8.93.